The van der Waals surface area contributed by atoms with E-state index in [1.807, 2.05) is 24.3 Å². The molecule has 0 aliphatic rings. The van der Waals surface area contributed by atoms with E-state index in [0.717, 1.165) is 15.6 Å². The number of aryl methyl sites for hydroxylation is 1. The van der Waals surface area contributed by atoms with Crippen LogP contribution in [0.25, 0.3) is 21.8 Å². The highest BCUT2D eigenvalue weighted by molar-refractivity contribution is 6.18. The van der Waals surface area contributed by atoms with Gasteiger partial charge in [0.15, 0.2) is 5.69 Å². The summed E-state index contributed by atoms with van der Waals surface area (Å²) >= 11 is 0. The Balaban J connectivity index is 1.96. The second kappa shape index (κ2) is 5.31. The van der Waals surface area contributed by atoms with Crippen LogP contribution in [-0.2, 0) is 7.05 Å². The number of aromatic amines is 1. The molecular weight excluding hydrogens is 306 g/mol. The number of hydrogen-bond acceptors (Lipinski definition) is 4. The molecule has 3 heterocycles. The Hall–Kier alpha value is -3.48. The monoisotopic (exact) mass is 319 g/mol. The van der Waals surface area contributed by atoms with Crippen LogP contribution in [0.2, 0.25) is 0 Å². The molecule has 0 unspecified atom stereocenters. The maximum Gasteiger partial charge on any atom is 0.290 e. The van der Waals surface area contributed by atoms with Gasteiger partial charge in [0.2, 0.25) is 0 Å². The van der Waals surface area contributed by atoms with Crippen molar-refractivity contribution in [2.24, 2.45) is 7.05 Å². The number of benzene rings is 1. The fraction of sp³-hybridized carbons (Fsp3) is 0.0588. The first kappa shape index (κ1) is 14.1. The van der Waals surface area contributed by atoms with Crippen LogP contribution in [0, 0.1) is 0 Å². The van der Waals surface area contributed by atoms with Gasteiger partial charge in [-0.25, -0.2) is 9.67 Å². The number of nitrogens with zero attached hydrogens (tertiary/aromatic N) is 3. The number of para-hydroxylation sites is 1. The van der Waals surface area contributed by atoms with Gasteiger partial charge in [0.25, 0.3) is 11.5 Å². The van der Waals surface area contributed by atoms with Crippen molar-refractivity contribution in [2.45, 2.75) is 0 Å². The minimum atomic E-state index is -0.418. The third-order valence-electron chi connectivity index (χ3n) is 3.82. The van der Waals surface area contributed by atoms with Gasteiger partial charge in [0, 0.05) is 29.5 Å². The lowest BCUT2D eigenvalue weighted by atomic mass is 10.1. The zero-order chi connectivity index (χ0) is 16.7. The van der Waals surface area contributed by atoms with E-state index in [0.29, 0.717) is 16.7 Å². The van der Waals surface area contributed by atoms with E-state index in [9.17, 15) is 9.59 Å². The van der Waals surface area contributed by atoms with E-state index in [4.69, 9.17) is 0 Å². The van der Waals surface area contributed by atoms with Gasteiger partial charge in [-0.2, -0.15) is 5.10 Å². The molecule has 0 bridgehead atoms. The van der Waals surface area contributed by atoms with E-state index < -0.39 is 5.91 Å². The molecule has 3 aromatic heterocycles. The average Bonchev–Trinajstić information content (AvgIpc) is 2.99. The Morgan fingerprint density at radius 3 is 2.75 bits per heavy atom. The molecule has 7 nitrogen and oxygen atoms in total. The van der Waals surface area contributed by atoms with Gasteiger partial charge in [-0.15, -0.1) is 0 Å². The first-order valence-corrected chi connectivity index (χ1v) is 7.35. The fourth-order valence-corrected chi connectivity index (χ4v) is 2.73. The fourth-order valence-electron chi connectivity index (χ4n) is 2.73. The summed E-state index contributed by atoms with van der Waals surface area (Å²) in [6.45, 7) is 0. The summed E-state index contributed by atoms with van der Waals surface area (Å²) in [6.07, 6.45) is 1.59. The lowest BCUT2D eigenvalue weighted by molar-refractivity contribution is 0.102. The van der Waals surface area contributed by atoms with Crippen molar-refractivity contribution >= 4 is 33.5 Å². The molecule has 118 valence electrons. The lowest BCUT2D eigenvalue weighted by Gasteiger charge is -2.06. The van der Waals surface area contributed by atoms with Crippen LogP contribution in [-0.4, -0.2) is 25.7 Å². The highest BCUT2D eigenvalue weighted by Gasteiger charge is 2.20. The molecule has 1 amide bonds. The number of nitrogens with one attached hydrogen (secondary N) is 2. The Kier molecular flexibility index (Phi) is 3.13. The molecule has 4 aromatic rings. The van der Waals surface area contributed by atoms with E-state index >= 15 is 0 Å². The molecule has 0 atom stereocenters. The van der Waals surface area contributed by atoms with Gasteiger partial charge in [0.1, 0.15) is 11.3 Å². The Morgan fingerprint density at radius 2 is 1.96 bits per heavy atom. The molecule has 0 fully saturated rings. The van der Waals surface area contributed by atoms with E-state index in [2.05, 4.69) is 20.4 Å². The summed E-state index contributed by atoms with van der Waals surface area (Å²) in [5.41, 5.74) is 1.04. The first-order chi connectivity index (χ1) is 11.6. The number of carbonyl (C=O) groups is 1. The molecule has 0 saturated heterocycles. The molecule has 4 rings (SSSR count). The van der Waals surface area contributed by atoms with E-state index in [1.54, 1.807) is 24.4 Å². The van der Waals surface area contributed by atoms with Crippen LogP contribution < -0.4 is 10.9 Å². The minimum absolute atomic E-state index is 0.176. The van der Waals surface area contributed by atoms with Crippen molar-refractivity contribution in [1.29, 1.82) is 0 Å². The summed E-state index contributed by atoms with van der Waals surface area (Å²) in [6, 6.07) is 12.7. The third-order valence-corrected chi connectivity index (χ3v) is 3.82. The Morgan fingerprint density at radius 1 is 1.17 bits per heavy atom. The summed E-state index contributed by atoms with van der Waals surface area (Å²) in [5, 5.41) is 8.17. The molecular formula is C17H13N5O2. The smallest absolute Gasteiger partial charge is 0.290 e. The number of carbonyl (C=O) groups excluding carboxylic acids is 1. The van der Waals surface area contributed by atoms with E-state index in [1.165, 1.54) is 7.05 Å². The van der Waals surface area contributed by atoms with Gasteiger partial charge < -0.3 is 10.3 Å². The zero-order valence-corrected chi connectivity index (χ0v) is 12.8. The van der Waals surface area contributed by atoms with Gasteiger partial charge in [0.05, 0.1) is 0 Å². The van der Waals surface area contributed by atoms with Gasteiger partial charge in [-0.3, -0.25) is 9.59 Å². The third kappa shape index (κ3) is 2.14. The molecule has 0 aliphatic carbocycles. The maximum absolute atomic E-state index is 12.7. The number of pyridine rings is 1. The molecule has 7 heteroatoms. The summed E-state index contributed by atoms with van der Waals surface area (Å²) in [7, 11) is 1.52. The van der Waals surface area contributed by atoms with Crippen molar-refractivity contribution in [3.63, 3.8) is 0 Å². The summed E-state index contributed by atoms with van der Waals surface area (Å²) in [4.78, 5) is 32.2. The first-order valence-electron chi connectivity index (χ1n) is 7.35. The summed E-state index contributed by atoms with van der Waals surface area (Å²) in [5.74, 6) is 0.00481. The zero-order valence-electron chi connectivity index (χ0n) is 12.8. The van der Waals surface area contributed by atoms with Crippen LogP contribution in [0.4, 0.5) is 5.82 Å². The predicted molar refractivity (Wildman–Crippen MR) is 91.0 cm³/mol. The van der Waals surface area contributed by atoms with Crippen LogP contribution in [0.3, 0.4) is 0 Å². The average molecular weight is 319 g/mol. The largest absolute Gasteiger partial charge is 0.350 e. The standard InChI is InChI=1S/C17H13N5O2/c1-22-17(24)15-13(10-6-2-3-7-11(10)19-15)14(21-22)16(23)20-12-8-4-5-9-18-12/h2-9,19H,1H3,(H,18,20,23). The van der Waals surface area contributed by atoms with Crippen molar-refractivity contribution in [2.75, 3.05) is 5.32 Å². The predicted octanol–water partition coefficient (Wildman–Crippen LogP) is 2.06. The Bertz CT molecular complexity index is 1130. The van der Waals surface area contributed by atoms with Crippen LogP contribution in [0.15, 0.2) is 53.5 Å². The highest BCUT2D eigenvalue weighted by atomic mass is 16.2. The number of hydrogen-bond donors (Lipinski definition) is 2. The molecule has 1 aromatic carbocycles. The van der Waals surface area contributed by atoms with Crippen molar-refractivity contribution in [1.82, 2.24) is 19.7 Å². The van der Waals surface area contributed by atoms with Crippen molar-refractivity contribution in [3.05, 3.63) is 64.7 Å². The maximum atomic E-state index is 12.7. The van der Waals surface area contributed by atoms with Crippen LogP contribution in [0.1, 0.15) is 10.5 Å². The van der Waals surface area contributed by atoms with Gasteiger partial charge in [-0.1, -0.05) is 24.3 Å². The van der Waals surface area contributed by atoms with Crippen molar-refractivity contribution in [3.8, 4) is 0 Å². The second-order valence-corrected chi connectivity index (χ2v) is 5.37. The summed E-state index contributed by atoms with van der Waals surface area (Å²) < 4.78 is 1.16. The van der Waals surface area contributed by atoms with Gasteiger partial charge >= 0.3 is 0 Å². The minimum Gasteiger partial charge on any atom is -0.350 e. The number of H-pyrrole nitrogens is 1. The van der Waals surface area contributed by atoms with Crippen molar-refractivity contribution < 1.29 is 4.79 Å². The number of rotatable bonds is 2. The number of amides is 1. The van der Waals surface area contributed by atoms with Crippen LogP contribution in [0.5, 0.6) is 0 Å². The molecule has 0 saturated carbocycles. The quantitative estimate of drug-likeness (QED) is 0.591. The second-order valence-electron chi connectivity index (χ2n) is 5.37. The number of fused-ring (bicyclic) bond motifs is 3. The normalized spacial score (nSPS) is 11.0. The SMILES string of the molecule is Cn1nc(C(=O)Nc2ccccn2)c2c([nH]c3ccccc32)c1=O. The number of aromatic nitrogens is 4. The molecule has 0 radical (unpaired) electrons. The Labute approximate surface area is 136 Å². The molecule has 0 spiro atoms. The lowest BCUT2D eigenvalue weighted by Crippen LogP contribution is -2.25. The molecule has 24 heavy (non-hydrogen) atoms. The molecule has 0 aliphatic heterocycles. The molecule has 2 N–H and O–H groups in total. The van der Waals surface area contributed by atoms with Gasteiger partial charge in [-0.05, 0) is 18.2 Å². The van der Waals surface area contributed by atoms with Crippen LogP contribution >= 0.6 is 0 Å². The highest BCUT2D eigenvalue weighted by Crippen LogP contribution is 2.25. The topological polar surface area (TPSA) is 92.7 Å². The van der Waals surface area contributed by atoms with E-state index in [-0.39, 0.29) is 11.3 Å². The number of anilines is 1.